The van der Waals surface area contributed by atoms with Crippen molar-refractivity contribution in [2.24, 2.45) is 0 Å². The lowest BCUT2D eigenvalue weighted by Gasteiger charge is -2.31. The van der Waals surface area contributed by atoms with Crippen LogP contribution >= 0.6 is 11.8 Å². The fourth-order valence-corrected chi connectivity index (χ4v) is 4.08. The molecule has 3 rings (SSSR count). The fraction of sp³-hybridized carbons (Fsp3) is 0.333. The van der Waals surface area contributed by atoms with Gasteiger partial charge in [-0.2, -0.15) is 13.2 Å². The molecule has 2 nitrogen and oxygen atoms in total. The molecular weight excluding hydrogens is 335 g/mol. The van der Waals surface area contributed by atoms with Gasteiger partial charge in [0.1, 0.15) is 0 Å². The SMILES string of the molecule is FC(F)(F)c1ccccc1SC(c1ccccc1)C1CNCCO1. The van der Waals surface area contributed by atoms with Gasteiger partial charge >= 0.3 is 6.18 Å². The van der Waals surface area contributed by atoms with Gasteiger partial charge in [0.25, 0.3) is 0 Å². The Morgan fingerprint density at radius 1 is 1.04 bits per heavy atom. The molecular formula is C18H18F3NOS. The molecule has 0 bridgehead atoms. The van der Waals surface area contributed by atoms with Crippen LogP contribution in [0.1, 0.15) is 16.4 Å². The Morgan fingerprint density at radius 3 is 2.42 bits per heavy atom. The molecule has 0 amide bonds. The van der Waals surface area contributed by atoms with Crippen molar-refractivity contribution in [2.75, 3.05) is 19.7 Å². The third kappa shape index (κ3) is 4.12. The van der Waals surface area contributed by atoms with E-state index in [0.717, 1.165) is 18.2 Å². The molecule has 0 aromatic heterocycles. The number of thioether (sulfide) groups is 1. The molecule has 1 fully saturated rings. The Morgan fingerprint density at radius 2 is 1.75 bits per heavy atom. The van der Waals surface area contributed by atoms with E-state index in [4.69, 9.17) is 4.74 Å². The molecule has 1 heterocycles. The number of hydrogen-bond donors (Lipinski definition) is 1. The fourth-order valence-electron chi connectivity index (χ4n) is 2.72. The van der Waals surface area contributed by atoms with Gasteiger partial charge in [0.05, 0.1) is 23.5 Å². The van der Waals surface area contributed by atoms with E-state index in [1.54, 1.807) is 6.07 Å². The van der Waals surface area contributed by atoms with Crippen LogP contribution in [-0.2, 0) is 10.9 Å². The third-order valence-electron chi connectivity index (χ3n) is 3.87. The van der Waals surface area contributed by atoms with E-state index in [9.17, 15) is 13.2 Å². The van der Waals surface area contributed by atoms with Crippen LogP contribution < -0.4 is 5.32 Å². The Kier molecular flexibility index (Phi) is 5.48. The summed E-state index contributed by atoms with van der Waals surface area (Å²) in [4.78, 5) is 0.230. The number of benzene rings is 2. The minimum absolute atomic E-state index is 0.174. The highest BCUT2D eigenvalue weighted by Crippen LogP contribution is 2.44. The zero-order valence-corrected chi connectivity index (χ0v) is 13.7. The Balaban J connectivity index is 1.93. The summed E-state index contributed by atoms with van der Waals surface area (Å²) in [5.74, 6) is 0. The van der Waals surface area contributed by atoms with Crippen LogP contribution in [0.3, 0.4) is 0 Å². The van der Waals surface area contributed by atoms with Gasteiger partial charge in [-0.25, -0.2) is 0 Å². The van der Waals surface area contributed by atoms with Gasteiger partial charge in [-0.05, 0) is 17.7 Å². The molecule has 24 heavy (non-hydrogen) atoms. The first kappa shape index (κ1) is 17.3. The van der Waals surface area contributed by atoms with Gasteiger partial charge < -0.3 is 10.1 Å². The second-order valence-electron chi connectivity index (χ2n) is 5.56. The Hall–Kier alpha value is -1.50. The maximum Gasteiger partial charge on any atom is 0.417 e. The van der Waals surface area contributed by atoms with Crippen LogP contribution in [0.5, 0.6) is 0 Å². The van der Waals surface area contributed by atoms with E-state index in [0.29, 0.717) is 13.2 Å². The molecule has 0 radical (unpaired) electrons. The van der Waals surface area contributed by atoms with Crippen LogP contribution in [0, 0.1) is 0 Å². The number of hydrogen-bond acceptors (Lipinski definition) is 3. The van der Waals surface area contributed by atoms with Crippen LogP contribution in [0.25, 0.3) is 0 Å². The van der Waals surface area contributed by atoms with E-state index in [1.165, 1.54) is 23.9 Å². The molecule has 1 aliphatic heterocycles. The standard InChI is InChI=1S/C18H18F3NOS/c19-18(20,21)14-8-4-5-9-16(14)24-17(13-6-2-1-3-7-13)15-12-22-10-11-23-15/h1-9,15,17,22H,10-12H2. The van der Waals surface area contributed by atoms with Gasteiger partial charge in [-0.1, -0.05) is 42.5 Å². The molecule has 0 aliphatic carbocycles. The van der Waals surface area contributed by atoms with E-state index >= 15 is 0 Å². The van der Waals surface area contributed by atoms with Gasteiger partial charge in [-0.3, -0.25) is 0 Å². The van der Waals surface area contributed by atoms with Crippen LogP contribution in [0.4, 0.5) is 13.2 Å². The molecule has 0 saturated carbocycles. The van der Waals surface area contributed by atoms with Crippen molar-refractivity contribution < 1.29 is 17.9 Å². The van der Waals surface area contributed by atoms with Gasteiger partial charge in [0.2, 0.25) is 0 Å². The van der Waals surface area contributed by atoms with Crippen molar-refractivity contribution >= 4 is 11.8 Å². The lowest BCUT2D eigenvalue weighted by molar-refractivity contribution is -0.139. The summed E-state index contributed by atoms with van der Waals surface area (Å²) in [7, 11) is 0. The number of rotatable bonds is 4. The first-order valence-corrected chi connectivity index (χ1v) is 8.64. The number of alkyl halides is 3. The van der Waals surface area contributed by atoms with E-state index in [-0.39, 0.29) is 16.2 Å². The molecule has 6 heteroatoms. The monoisotopic (exact) mass is 353 g/mol. The van der Waals surface area contributed by atoms with Crippen LogP contribution in [0.15, 0.2) is 59.5 Å². The maximum absolute atomic E-state index is 13.3. The number of halogens is 3. The minimum atomic E-state index is -4.36. The highest BCUT2D eigenvalue weighted by atomic mass is 32.2. The number of ether oxygens (including phenoxy) is 1. The maximum atomic E-state index is 13.3. The number of nitrogens with one attached hydrogen (secondary N) is 1. The summed E-state index contributed by atoms with van der Waals surface area (Å²) in [5.41, 5.74) is 0.368. The first-order chi connectivity index (χ1) is 11.6. The minimum Gasteiger partial charge on any atom is -0.374 e. The summed E-state index contributed by atoms with van der Waals surface area (Å²) < 4.78 is 45.7. The number of morpholine rings is 1. The summed E-state index contributed by atoms with van der Waals surface area (Å²) >= 11 is 1.22. The Bertz CT molecular complexity index is 657. The van der Waals surface area contributed by atoms with Crippen molar-refractivity contribution in [1.29, 1.82) is 0 Å². The summed E-state index contributed by atoms with van der Waals surface area (Å²) in [5, 5.41) is 3.05. The molecule has 2 atom stereocenters. The first-order valence-electron chi connectivity index (χ1n) is 7.76. The zero-order chi connectivity index (χ0) is 17.0. The molecule has 2 aromatic carbocycles. The molecule has 0 spiro atoms. The van der Waals surface area contributed by atoms with Crippen molar-refractivity contribution in [1.82, 2.24) is 5.32 Å². The zero-order valence-electron chi connectivity index (χ0n) is 12.9. The van der Waals surface area contributed by atoms with E-state index in [2.05, 4.69) is 5.32 Å². The largest absolute Gasteiger partial charge is 0.417 e. The molecule has 1 saturated heterocycles. The predicted molar refractivity (Wildman–Crippen MR) is 89.1 cm³/mol. The lowest BCUT2D eigenvalue weighted by atomic mass is 10.1. The molecule has 1 N–H and O–H groups in total. The molecule has 2 aromatic rings. The third-order valence-corrected chi connectivity index (χ3v) is 5.31. The van der Waals surface area contributed by atoms with Gasteiger partial charge in [0, 0.05) is 18.0 Å². The quantitative estimate of drug-likeness (QED) is 0.816. The van der Waals surface area contributed by atoms with Crippen molar-refractivity contribution in [3.63, 3.8) is 0 Å². The van der Waals surface area contributed by atoms with Gasteiger partial charge in [0.15, 0.2) is 0 Å². The molecule has 1 aliphatic rings. The summed E-state index contributed by atoms with van der Waals surface area (Å²) in [6, 6.07) is 15.3. The van der Waals surface area contributed by atoms with Crippen LogP contribution in [-0.4, -0.2) is 25.8 Å². The average Bonchev–Trinajstić information content (AvgIpc) is 2.61. The van der Waals surface area contributed by atoms with Crippen molar-refractivity contribution in [3.05, 3.63) is 65.7 Å². The van der Waals surface area contributed by atoms with Crippen LogP contribution in [0.2, 0.25) is 0 Å². The van der Waals surface area contributed by atoms with Crippen molar-refractivity contribution in [2.45, 2.75) is 22.4 Å². The predicted octanol–water partition coefficient (Wildman–Crippen LogP) is 4.53. The molecule has 2 unspecified atom stereocenters. The average molecular weight is 353 g/mol. The highest BCUT2D eigenvalue weighted by Gasteiger charge is 2.35. The summed E-state index contributed by atoms with van der Waals surface area (Å²) in [6.45, 7) is 1.96. The topological polar surface area (TPSA) is 21.3 Å². The van der Waals surface area contributed by atoms with E-state index in [1.807, 2.05) is 30.3 Å². The molecule has 128 valence electrons. The highest BCUT2D eigenvalue weighted by molar-refractivity contribution is 7.99. The van der Waals surface area contributed by atoms with Gasteiger partial charge in [-0.15, -0.1) is 11.8 Å². The van der Waals surface area contributed by atoms with Crippen molar-refractivity contribution in [3.8, 4) is 0 Å². The second kappa shape index (κ2) is 7.59. The smallest absolute Gasteiger partial charge is 0.374 e. The lowest BCUT2D eigenvalue weighted by Crippen LogP contribution is -2.41. The Labute approximate surface area is 143 Å². The normalized spacial score (nSPS) is 19.9. The summed E-state index contributed by atoms with van der Waals surface area (Å²) in [6.07, 6.45) is -4.54. The second-order valence-corrected chi connectivity index (χ2v) is 6.74. The van der Waals surface area contributed by atoms with E-state index < -0.39 is 11.7 Å².